The molecule has 2 aromatic heterocycles. The zero-order chi connectivity index (χ0) is 16.1. The molecule has 0 saturated carbocycles. The fourth-order valence-electron chi connectivity index (χ4n) is 2.18. The van der Waals surface area contributed by atoms with E-state index >= 15 is 0 Å². The third-order valence-electron chi connectivity index (χ3n) is 3.38. The fraction of sp³-hybridized carbons (Fsp3) is 0.250. The van der Waals surface area contributed by atoms with E-state index in [4.69, 9.17) is 0 Å². The van der Waals surface area contributed by atoms with Crippen LogP contribution < -0.4 is 10.6 Å². The maximum absolute atomic E-state index is 11.7. The molecule has 0 aliphatic heterocycles. The molecule has 23 heavy (non-hydrogen) atoms. The number of rotatable bonds is 6. The molecule has 120 valence electrons. The van der Waals surface area contributed by atoms with Crippen molar-refractivity contribution < 1.29 is 9.90 Å². The largest absolute Gasteiger partial charge is 0.386 e. The molecule has 0 saturated heterocycles. The highest BCUT2D eigenvalue weighted by molar-refractivity contribution is 7.19. The summed E-state index contributed by atoms with van der Waals surface area (Å²) in [4.78, 5) is 16.7. The summed E-state index contributed by atoms with van der Waals surface area (Å²) in [7, 11) is 0. The van der Waals surface area contributed by atoms with Crippen molar-refractivity contribution in [2.45, 2.75) is 12.5 Å². The maximum atomic E-state index is 11.7. The van der Waals surface area contributed by atoms with Crippen LogP contribution in [0.2, 0.25) is 0 Å². The molecule has 2 amide bonds. The molecule has 0 aliphatic rings. The highest BCUT2D eigenvalue weighted by Gasteiger charge is 2.12. The molecular formula is C16H17N3O2S2. The topological polar surface area (TPSA) is 74.2 Å². The summed E-state index contributed by atoms with van der Waals surface area (Å²) in [5, 5.41) is 18.7. The van der Waals surface area contributed by atoms with Crippen molar-refractivity contribution in [3.05, 3.63) is 51.8 Å². The van der Waals surface area contributed by atoms with E-state index in [1.807, 2.05) is 35.7 Å². The number of urea groups is 1. The quantitative estimate of drug-likeness (QED) is 0.642. The first-order valence-corrected chi connectivity index (χ1v) is 9.03. The Labute approximate surface area is 142 Å². The molecule has 5 nitrogen and oxygen atoms in total. The predicted octanol–water partition coefficient (Wildman–Crippen LogP) is 2.93. The third-order valence-corrected chi connectivity index (χ3v) is 5.23. The van der Waals surface area contributed by atoms with Gasteiger partial charge in [0.2, 0.25) is 0 Å². The van der Waals surface area contributed by atoms with Gasteiger partial charge in [0.15, 0.2) is 0 Å². The third kappa shape index (κ3) is 4.28. The molecule has 7 heteroatoms. The van der Waals surface area contributed by atoms with Crippen LogP contribution in [0, 0.1) is 0 Å². The number of amides is 2. The second-order valence-corrected chi connectivity index (χ2v) is 6.90. The minimum absolute atomic E-state index is 0.190. The monoisotopic (exact) mass is 347 g/mol. The number of aliphatic hydroxyl groups is 1. The van der Waals surface area contributed by atoms with Crippen molar-refractivity contribution in [1.82, 2.24) is 15.6 Å². The second kappa shape index (κ2) is 7.54. The number of thiazole rings is 1. The zero-order valence-corrected chi connectivity index (χ0v) is 14.0. The Morgan fingerprint density at radius 2 is 2.17 bits per heavy atom. The van der Waals surface area contributed by atoms with E-state index in [-0.39, 0.29) is 12.6 Å². The lowest BCUT2D eigenvalue weighted by molar-refractivity contribution is 0.176. The van der Waals surface area contributed by atoms with Crippen LogP contribution in [0.5, 0.6) is 0 Å². The Morgan fingerprint density at radius 1 is 1.30 bits per heavy atom. The summed E-state index contributed by atoms with van der Waals surface area (Å²) in [6, 6.07) is 9.67. The first kappa shape index (κ1) is 15.9. The number of hydrogen-bond acceptors (Lipinski definition) is 5. The van der Waals surface area contributed by atoms with Crippen molar-refractivity contribution in [2.75, 3.05) is 13.1 Å². The van der Waals surface area contributed by atoms with Crippen molar-refractivity contribution >= 4 is 38.8 Å². The van der Waals surface area contributed by atoms with E-state index in [1.165, 1.54) is 0 Å². The Hall–Kier alpha value is -1.96. The Morgan fingerprint density at radius 3 is 2.96 bits per heavy atom. The van der Waals surface area contributed by atoms with Crippen LogP contribution in [-0.4, -0.2) is 29.2 Å². The van der Waals surface area contributed by atoms with Gasteiger partial charge in [-0.05, 0) is 17.5 Å². The number of thiophene rings is 1. The van der Waals surface area contributed by atoms with E-state index in [9.17, 15) is 9.90 Å². The van der Waals surface area contributed by atoms with Gasteiger partial charge in [-0.15, -0.1) is 22.7 Å². The summed E-state index contributed by atoms with van der Waals surface area (Å²) >= 11 is 3.08. The molecule has 0 aliphatic carbocycles. The van der Waals surface area contributed by atoms with Crippen molar-refractivity contribution in [2.24, 2.45) is 0 Å². The lowest BCUT2D eigenvalue weighted by Crippen LogP contribution is -2.38. The first-order valence-electron chi connectivity index (χ1n) is 7.27. The molecule has 3 aromatic rings. The molecular weight excluding hydrogens is 330 g/mol. The summed E-state index contributed by atoms with van der Waals surface area (Å²) < 4.78 is 1.13. The SMILES string of the molecule is O=C(NCCc1cscn1)NCC(O)c1cc2ccccc2s1. The maximum Gasteiger partial charge on any atom is 0.314 e. The lowest BCUT2D eigenvalue weighted by atomic mass is 10.2. The number of carbonyl (C=O) groups is 1. The number of fused-ring (bicyclic) bond motifs is 1. The molecule has 3 rings (SSSR count). The van der Waals surface area contributed by atoms with Gasteiger partial charge in [0.05, 0.1) is 17.7 Å². The van der Waals surface area contributed by atoms with Gasteiger partial charge in [0.25, 0.3) is 0 Å². The van der Waals surface area contributed by atoms with Crippen molar-refractivity contribution in [3.8, 4) is 0 Å². The van der Waals surface area contributed by atoms with Gasteiger partial charge in [-0.3, -0.25) is 0 Å². The Kier molecular flexibility index (Phi) is 5.22. The summed E-state index contributed by atoms with van der Waals surface area (Å²) in [6.45, 7) is 0.712. The number of nitrogens with zero attached hydrogens (tertiary/aromatic N) is 1. The molecule has 1 atom stereocenters. The van der Waals surface area contributed by atoms with Crippen LogP contribution in [0.4, 0.5) is 4.79 Å². The molecule has 1 aromatic carbocycles. The van der Waals surface area contributed by atoms with E-state index < -0.39 is 6.10 Å². The minimum Gasteiger partial charge on any atom is -0.386 e. The van der Waals surface area contributed by atoms with Gasteiger partial charge in [-0.2, -0.15) is 0 Å². The first-order chi connectivity index (χ1) is 11.2. The molecule has 2 heterocycles. The van der Waals surface area contributed by atoms with Crippen LogP contribution in [-0.2, 0) is 6.42 Å². The predicted molar refractivity (Wildman–Crippen MR) is 94.0 cm³/mol. The second-order valence-electron chi connectivity index (χ2n) is 5.07. The zero-order valence-electron chi connectivity index (χ0n) is 12.4. The van der Waals surface area contributed by atoms with Gasteiger partial charge >= 0.3 is 6.03 Å². The summed E-state index contributed by atoms with van der Waals surface area (Å²) in [6.07, 6.45) is 0.00665. The number of aromatic nitrogens is 1. The summed E-state index contributed by atoms with van der Waals surface area (Å²) in [5.41, 5.74) is 2.75. The molecule has 0 radical (unpaired) electrons. The lowest BCUT2D eigenvalue weighted by Gasteiger charge is -2.11. The standard InChI is InChI=1S/C16H17N3O2S2/c20-13(15-7-11-3-1-2-4-14(11)23-15)8-18-16(21)17-6-5-12-9-22-10-19-12/h1-4,7,9-10,13,20H,5-6,8H2,(H2,17,18,21). The van der Waals surface area contributed by atoms with E-state index in [0.717, 1.165) is 20.7 Å². The molecule has 0 bridgehead atoms. The average molecular weight is 347 g/mol. The van der Waals surface area contributed by atoms with E-state index in [0.29, 0.717) is 13.0 Å². The fourth-order valence-corrected chi connectivity index (χ4v) is 3.83. The van der Waals surface area contributed by atoms with Crippen LogP contribution >= 0.6 is 22.7 Å². The van der Waals surface area contributed by atoms with E-state index in [1.54, 1.807) is 28.2 Å². The van der Waals surface area contributed by atoms with Gasteiger partial charge in [-0.25, -0.2) is 9.78 Å². The number of nitrogens with one attached hydrogen (secondary N) is 2. The van der Waals surface area contributed by atoms with Crippen LogP contribution in [0.3, 0.4) is 0 Å². The number of carbonyl (C=O) groups excluding carboxylic acids is 1. The van der Waals surface area contributed by atoms with Crippen LogP contribution in [0.15, 0.2) is 41.2 Å². The number of hydrogen-bond donors (Lipinski definition) is 3. The van der Waals surface area contributed by atoms with Crippen LogP contribution in [0.25, 0.3) is 10.1 Å². The highest BCUT2D eigenvalue weighted by Crippen LogP contribution is 2.29. The molecule has 3 N–H and O–H groups in total. The van der Waals surface area contributed by atoms with Gasteiger partial charge in [-0.1, -0.05) is 18.2 Å². The van der Waals surface area contributed by atoms with Crippen LogP contribution in [0.1, 0.15) is 16.7 Å². The number of benzene rings is 1. The Balaban J connectivity index is 1.44. The smallest absolute Gasteiger partial charge is 0.314 e. The highest BCUT2D eigenvalue weighted by atomic mass is 32.1. The Bertz CT molecular complexity index is 738. The van der Waals surface area contributed by atoms with Gasteiger partial charge < -0.3 is 15.7 Å². The van der Waals surface area contributed by atoms with E-state index in [2.05, 4.69) is 15.6 Å². The summed E-state index contributed by atoms with van der Waals surface area (Å²) in [5.74, 6) is 0. The van der Waals surface area contributed by atoms with Gasteiger partial charge in [0.1, 0.15) is 6.10 Å². The normalized spacial score (nSPS) is 12.2. The average Bonchev–Trinajstić information content (AvgIpc) is 3.21. The molecule has 0 spiro atoms. The number of aliphatic hydroxyl groups excluding tert-OH is 1. The van der Waals surface area contributed by atoms with Gasteiger partial charge in [0, 0.05) is 27.9 Å². The molecule has 0 fully saturated rings. The minimum atomic E-state index is -0.698. The van der Waals surface area contributed by atoms with Crippen molar-refractivity contribution in [3.63, 3.8) is 0 Å². The van der Waals surface area contributed by atoms with Crippen molar-refractivity contribution in [1.29, 1.82) is 0 Å². The molecule has 1 unspecified atom stereocenters.